The van der Waals surface area contributed by atoms with Crippen molar-refractivity contribution in [2.45, 2.75) is 69.6 Å². The average molecular weight is 332 g/mol. The molecule has 0 radical (unpaired) electrons. The predicted octanol–water partition coefficient (Wildman–Crippen LogP) is 3.62. The normalized spacial score (nSPS) is 29.1. The molecule has 0 aromatic heterocycles. The first-order valence-electron chi connectivity index (χ1n) is 9.18. The van der Waals surface area contributed by atoms with Crippen LogP contribution in [0.4, 0.5) is 10.1 Å². The highest BCUT2D eigenvalue weighted by Gasteiger charge is 2.34. The molecule has 1 aliphatic carbocycles. The Hall–Kier alpha value is -1.62. The van der Waals surface area contributed by atoms with Gasteiger partial charge in [-0.2, -0.15) is 0 Å². The Morgan fingerprint density at radius 1 is 1.21 bits per heavy atom. The van der Waals surface area contributed by atoms with E-state index in [1.165, 1.54) is 18.9 Å². The number of amides is 1. The maximum Gasteiger partial charge on any atom is 0.224 e. The number of hydrogen-bond acceptors (Lipinski definition) is 3. The van der Waals surface area contributed by atoms with E-state index < -0.39 is 5.82 Å². The van der Waals surface area contributed by atoms with Gasteiger partial charge in [-0.1, -0.05) is 0 Å². The Morgan fingerprint density at radius 3 is 2.58 bits per heavy atom. The molecule has 2 aliphatic heterocycles. The number of carbonyl (C=O) groups excluding carboxylic acids is 1. The van der Waals surface area contributed by atoms with Crippen molar-refractivity contribution in [1.82, 2.24) is 5.32 Å². The molecule has 2 N–H and O–H groups in total. The van der Waals surface area contributed by atoms with E-state index in [0.717, 1.165) is 32.1 Å². The number of carbonyl (C=O) groups is 1. The lowest BCUT2D eigenvalue weighted by Gasteiger charge is -2.28. The van der Waals surface area contributed by atoms with Crippen LogP contribution < -0.4 is 15.4 Å². The third-order valence-corrected chi connectivity index (χ3v) is 5.61. The zero-order chi connectivity index (χ0) is 16.5. The van der Waals surface area contributed by atoms with Gasteiger partial charge < -0.3 is 15.4 Å². The summed E-state index contributed by atoms with van der Waals surface area (Å²) in [7, 11) is 0. The van der Waals surface area contributed by atoms with Crippen molar-refractivity contribution < 1.29 is 13.9 Å². The van der Waals surface area contributed by atoms with Crippen LogP contribution in [0.25, 0.3) is 0 Å². The average Bonchev–Trinajstić information content (AvgIpc) is 2.83. The SMILES string of the molecule is O=C(CC1CC2CCC(C1)N2)Nc1ccc(OC2CCC2)c(F)c1. The van der Waals surface area contributed by atoms with E-state index in [4.69, 9.17) is 4.74 Å². The molecule has 3 fully saturated rings. The van der Waals surface area contributed by atoms with E-state index in [2.05, 4.69) is 10.6 Å². The highest BCUT2D eigenvalue weighted by molar-refractivity contribution is 5.90. The minimum atomic E-state index is -0.403. The molecule has 1 aromatic rings. The van der Waals surface area contributed by atoms with Gasteiger partial charge in [-0.05, 0) is 63.0 Å². The molecule has 1 amide bonds. The molecule has 4 nitrogen and oxygen atoms in total. The lowest BCUT2D eigenvalue weighted by atomic mass is 9.89. The number of rotatable bonds is 5. The lowest BCUT2D eigenvalue weighted by molar-refractivity contribution is -0.117. The number of benzene rings is 1. The molecule has 1 aromatic carbocycles. The van der Waals surface area contributed by atoms with Crippen molar-refractivity contribution in [3.63, 3.8) is 0 Å². The monoisotopic (exact) mass is 332 g/mol. The molecular formula is C19H25FN2O2. The van der Waals surface area contributed by atoms with E-state index >= 15 is 0 Å². The van der Waals surface area contributed by atoms with Gasteiger partial charge in [0.25, 0.3) is 0 Å². The lowest BCUT2D eigenvalue weighted by Crippen LogP contribution is -2.39. The Kier molecular flexibility index (Phi) is 4.44. The van der Waals surface area contributed by atoms with E-state index in [-0.39, 0.29) is 17.8 Å². The first-order chi connectivity index (χ1) is 11.7. The number of hydrogen-bond donors (Lipinski definition) is 2. The second-order valence-electron chi connectivity index (χ2n) is 7.54. The summed E-state index contributed by atoms with van der Waals surface area (Å²) in [5.41, 5.74) is 0.510. The van der Waals surface area contributed by atoms with E-state index in [0.29, 0.717) is 30.1 Å². The van der Waals surface area contributed by atoms with Gasteiger partial charge in [-0.15, -0.1) is 0 Å². The molecule has 130 valence electrons. The summed E-state index contributed by atoms with van der Waals surface area (Å²) in [6.45, 7) is 0. The standard InChI is InChI=1S/C19H25FN2O2/c20-17-11-15(6-7-18(17)24-16-2-1-3-16)22-19(23)10-12-8-13-4-5-14(9-12)21-13/h6-7,11-14,16,21H,1-5,8-10H2,(H,22,23). The van der Waals surface area contributed by atoms with Gasteiger partial charge in [0.2, 0.25) is 5.91 Å². The summed E-state index contributed by atoms with van der Waals surface area (Å²) in [5, 5.41) is 6.42. The van der Waals surface area contributed by atoms with Gasteiger partial charge in [0.1, 0.15) is 0 Å². The largest absolute Gasteiger partial charge is 0.487 e. The summed E-state index contributed by atoms with van der Waals surface area (Å²) >= 11 is 0. The van der Waals surface area contributed by atoms with Crippen molar-refractivity contribution in [2.24, 2.45) is 5.92 Å². The van der Waals surface area contributed by atoms with Gasteiger partial charge >= 0.3 is 0 Å². The molecule has 2 heterocycles. The third kappa shape index (κ3) is 3.56. The number of fused-ring (bicyclic) bond motifs is 2. The minimum absolute atomic E-state index is 0.0200. The first-order valence-corrected chi connectivity index (χ1v) is 9.18. The van der Waals surface area contributed by atoms with Gasteiger partial charge in [-0.25, -0.2) is 4.39 Å². The summed E-state index contributed by atoms with van der Waals surface area (Å²) in [5.74, 6) is 0.301. The molecule has 2 bridgehead atoms. The maximum atomic E-state index is 14.1. The molecule has 3 aliphatic rings. The first kappa shape index (κ1) is 15.9. The van der Waals surface area contributed by atoms with Crippen LogP contribution in [-0.2, 0) is 4.79 Å². The Bertz CT molecular complexity index is 605. The molecule has 0 spiro atoms. The van der Waals surface area contributed by atoms with E-state index in [9.17, 15) is 9.18 Å². The van der Waals surface area contributed by atoms with Crippen LogP contribution in [0.1, 0.15) is 51.4 Å². The van der Waals surface area contributed by atoms with Gasteiger partial charge in [0.05, 0.1) is 6.10 Å². The molecule has 2 atom stereocenters. The fraction of sp³-hybridized carbons (Fsp3) is 0.632. The number of ether oxygens (including phenoxy) is 1. The summed E-state index contributed by atoms with van der Waals surface area (Å²) in [4.78, 5) is 12.3. The fourth-order valence-corrected chi connectivity index (χ4v) is 4.16. The molecular weight excluding hydrogens is 307 g/mol. The fourth-order valence-electron chi connectivity index (χ4n) is 4.16. The summed E-state index contributed by atoms with van der Waals surface area (Å²) in [6.07, 6.45) is 8.43. The van der Waals surface area contributed by atoms with Crippen molar-refractivity contribution >= 4 is 11.6 Å². The summed E-state index contributed by atoms with van der Waals surface area (Å²) in [6, 6.07) is 5.87. The maximum absolute atomic E-state index is 14.1. The second-order valence-corrected chi connectivity index (χ2v) is 7.54. The van der Waals surface area contributed by atoms with Crippen molar-refractivity contribution in [3.05, 3.63) is 24.0 Å². The quantitative estimate of drug-likeness (QED) is 0.866. The van der Waals surface area contributed by atoms with Crippen LogP contribution in [0, 0.1) is 11.7 Å². The zero-order valence-corrected chi connectivity index (χ0v) is 13.9. The van der Waals surface area contributed by atoms with Gasteiger partial charge in [-0.3, -0.25) is 4.79 Å². The topological polar surface area (TPSA) is 50.4 Å². The van der Waals surface area contributed by atoms with E-state index in [1.807, 2.05) is 0 Å². The number of anilines is 1. The number of halogens is 1. The molecule has 2 unspecified atom stereocenters. The van der Waals surface area contributed by atoms with Crippen LogP contribution in [0.5, 0.6) is 5.75 Å². The molecule has 4 rings (SSSR count). The molecule has 2 saturated heterocycles. The van der Waals surface area contributed by atoms with Crippen LogP contribution in [0.15, 0.2) is 18.2 Å². The van der Waals surface area contributed by atoms with Gasteiger partial charge in [0, 0.05) is 30.3 Å². The second kappa shape index (κ2) is 6.71. The van der Waals surface area contributed by atoms with Crippen molar-refractivity contribution in [1.29, 1.82) is 0 Å². The third-order valence-electron chi connectivity index (χ3n) is 5.61. The smallest absolute Gasteiger partial charge is 0.224 e. The highest BCUT2D eigenvalue weighted by atomic mass is 19.1. The Balaban J connectivity index is 1.31. The molecule has 24 heavy (non-hydrogen) atoms. The van der Waals surface area contributed by atoms with Crippen molar-refractivity contribution in [2.75, 3.05) is 5.32 Å². The van der Waals surface area contributed by atoms with Crippen LogP contribution in [-0.4, -0.2) is 24.1 Å². The number of piperidine rings is 1. The van der Waals surface area contributed by atoms with E-state index in [1.54, 1.807) is 12.1 Å². The Morgan fingerprint density at radius 2 is 1.96 bits per heavy atom. The van der Waals surface area contributed by atoms with Crippen molar-refractivity contribution in [3.8, 4) is 5.75 Å². The summed E-state index contributed by atoms with van der Waals surface area (Å²) < 4.78 is 19.7. The van der Waals surface area contributed by atoms with Crippen LogP contribution in [0.3, 0.4) is 0 Å². The predicted molar refractivity (Wildman–Crippen MR) is 90.6 cm³/mol. The Labute approximate surface area is 142 Å². The molecule has 5 heteroatoms. The zero-order valence-electron chi connectivity index (χ0n) is 13.9. The molecule has 1 saturated carbocycles. The van der Waals surface area contributed by atoms with Gasteiger partial charge in [0.15, 0.2) is 11.6 Å². The van der Waals surface area contributed by atoms with Crippen LogP contribution >= 0.6 is 0 Å². The minimum Gasteiger partial charge on any atom is -0.487 e. The van der Waals surface area contributed by atoms with Crippen LogP contribution in [0.2, 0.25) is 0 Å². The highest BCUT2D eigenvalue weighted by Crippen LogP contribution is 2.33. The number of nitrogens with one attached hydrogen (secondary N) is 2.